The maximum atomic E-state index is 13.0. The van der Waals surface area contributed by atoms with E-state index in [2.05, 4.69) is 5.32 Å². The van der Waals surface area contributed by atoms with Crippen LogP contribution in [-0.2, 0) is 9.59 Å². The number of nitrogens with zero attached hydrogens (tertiary/aromatic N) is 1. The lowest BCUT2D eigenvalue weighted by Crippen LogP contribution is -2.48. The summed E-state index contributed by atoms with van der Waals surface area (Å²) in [6.07, 6.45) is 5.61. The normalized spacial score (nSPS) is 16.8. The summed E-state index contributed by atoms with van der Waals surface area (Å²) in [5.74, 6) is -0.112. The van der Waals surface area contributed by atoms with Gasteiger partial charge in [-0.25, -0.2) is 0 Å². The van der Waals surface area contributed by atoms with Crippen LogP contribution < -0.4 is 5.32 Å². The van der Waals surface area contributed by atoms with Gasteiger partial charge in [0.15, 0.2) is 0 Å². The first-order valence-corrected chi connectivity index (χ1v) is 10.1. The largest absolute Gasteiger partial charge is 0.351 e. The van der Waals surface area contributed by atoms with Crippen molar-refractivity contribution in [3.8, 4) is 0 Å². The number of alkyl halides is 1. The van der Waals surface area contributed by atoms with Gasteiger partial charge in [-0.1, -0.05) is 39.2 Å². The number of hydrogen-bond acceptors (Lipinski definition) is 3. The quantitative estimate of drug-likeness (QED) is 0.738. The van der Waals surface area contributed by atoms with Crippen LogP contribution in [0.1, 0.15) is 56.9 Å². The molecule has 0 bridgehead atoms. The second-order valence-electron chi connectivity index (χ2n) is 6.84. The van der Waals surface area contributed by atoms with Crippen LogP contribution in [0.5, 0.6) is 0 Å². The predicted molar refractivity (Wildman–Crippen MR) is 99.3 cm³/mol. The van der Waals surface area contributed by atoms with Gasteiger partial charge in [-0.3, -0.25) is 9.59 Å². The molecule has 1 saturated carbocycles. The van der Waals surface area contributed by atoms with Crippen molar-refractivity contribution in [1.82, 2.24) is 10.2 Å². The molecular weight excluding hydrogens is 344 g/mol. The topological polar surface area (TPSA) is 49.4 Å². The Morgan fingerprint density at radius 3 is 2.58 bits per heavy atom. The molecule has 1 unspecified atom stereocenters. The van der Waals surface area contributed by atoms with E-state index in [0.717, 1.165) is 30.6 Å². The third-order valence-electron chi connectivity index (χ3n) is 4.32. The predicted octanol–water partition coefficient (Wildman–Crippen LogP) is 3.96. The highest BCUT2D eigenvalue weighted by atomic mass is 35.5. The zero-order valence-electron chi connectivity index (χ0n) is 14.5. The third-order valence-corrected chi connectivity index (χ3v) is 5.47. The average molecular weight is 371 g/mol. The summed E-state index contributed by atoms with van der Waals surface area (Å²) >= 11 is 7.32. The van der Waals surface area contributed by atoms with Crippen LogP contribution in [0.25, 0.3) is 0 Å². The lowest BCUT2D eigenvalue weighted by molar-refractivity contribution is -0.140. The van der Waals surface area contributed by atoms with E-state index in [1.807, 2.05) is 31.4 Å². The second-order valence-corrected chi connectivity index (χ2v) is 8.08. The van der Waals surface area contributed by atoms with Crippen LogP contribution in [0.3, 0.4) is 0 Å². The first-order chi connectivity index (χ1) is 11.5. The molecule has 1 atom stereocenters. The van der Waals surface area contributed by atoms with E-state index in [9.17, 15) is 9.59 Å². The molecule has 0 spiro atoms. The number of carbonyl (C=O) groups excluding carboxylic acids is 2. The van der Waals surface area contributed by atoms with Crippen molar-refractivity contribution in [3.63, 3.8) is 0 Å². The van der Waals surface area contributed by atoms with Gasteiger partial charge in [-0.2, -0.15) is 0 Å². The molecule has 0 aromatic carbocycles. The molecule has 0 aliphatic heterocycles. The van der Waals surface area contributed by atoms with Crippen molar-refractivity contribution < 1.29 is 9.59 Å². The molecule has 24 heavy (non-hydrogen) atoms. The molecule has 2 rings (SSSR count). The average Bonchev–Trinajstić information content (AvgIpc) is 3.08. The second kappa shape index (κ2) is 9.42. The molecule has 6 heteroatoms. The maximum absolute atomic E-state index is 13.0. The molecule has 0 radical (unpaired) electrons. The highest BCUT2D eigenvalue weighted by Gasteiger charge is 2.33. The van der Waals surface area contributed by atoms with E-state index in [4.69, 9.17) is 11.6 Å². The van der Waals surface area contributed by atoms with Gasteiger partial charge >= 0.3 is 0 Å². The Morgan fingerprint density at radius 2 is 2.04 bits per heavy atom. The Hall–Kier alpha value is -1.07. The molecule has 1 aromatic rings. The van der Waals surface area contributed by atoms with Crippen LogP contribution in [0.2, 0.25) is 0 Å². The minimum Gasteiger partial charge on any atom is -0.351 e. The van der Waals surface area contributed by atoms with Gasteiger partial charge in [-0.15, -0.1) is 22.9 Å². The number of hydrogen-bond donors (Lipinski definition) is 1. The van der Waals surface area contributed by atoms with Crippen molar-refractivity contribution in [1.29, 1.82) is 0 Å². The van der Waals surface area contributed by atoms with E-state index >= 15 is 0 Å². The zero-order chi connectivity index (χ0) is 17.5. The first kappa shape index (κ1) is 19.3. The molecule has 1 N–H and O–H groups in total. The smallest absolute Gasteiger partial charge is 0.248 e. The van der Waals surface area contributed by atoms with Crippen molar-refractivity contribution in [3.05, 3.63) is 22.4 Å². The summed E-state index contributed by atoms with van der Waals surface area (Å²) in [5.41, 5.74) is 0. The fourth-order valence-corrected chi connectivity index (χ4v) is 4.21. The number of halogens is 1. The van der Waals surface area contributed by atoms with Gasteiger partial charge in [0.2, 0.25) is 11.8 Å². The van der Waals surface area contributed by atoms with Gasteiger partial charge in [0.25, 0.3) is 0 Å². The molecule has 1 heterocycles. The number of carbonyl (C=O) groups is 2. The van der Waals surface area contributed by atoms with Crippen LogP contribution in [-0.4, -0.2) is 35.2 Å². The summed E-state index contributed by atoms with van der Waals surface area (Å²) < 4.78 is 0. The van der Waals surface area contributed by atoms with Crippen LogP contribution in [0, 0.1) is 5.92 Å². The summed E-state index contributed by atoms with van der Waals surface area (Å²) in [5, 5.41) is 5.11. The van der Waals surface area contributed by atoms with Crippen LogP contribution in [0.4, 0.5) is 0 Å². The van der Waals surface area contributed by atoms with E-state index in [1.165, 1.54) is 17.8 Å². The van der Waals surface area contributed by atoms with E-state index < -0.39 is 6.04 Å². The molecule has 1 fully saturated rings. The van der Waals surface area contributed by atoms with Crippen molar-refractivity contribution >= 4 is 34.8 Å². The van der Waals surface area contributed by atoms with Crippen molar-refractivity contribution in [2.75, 3.05) is 12.4 Å². The Morgan fingerprint density at radius 1 is 1.33 bits per heavy atom. The van der Waals surface area contributed by atoms with E-state index in [-0.39, 0.29) is 29.7 Å². The number of nitrogens with one attached hydrogen (secondary N) is 1. The summed E-state index contributed by atoms with van der Waals surface area (Å²) in [6.45, 7) is 4.60. The van der Waals surface area contributed by atoms with Gasteiger partial charge in [-0.05, 0) is 30.2 Å². The molecule has 1 aliphatic rings. The van der Waals surface area contributed by atoms with Gasteiger partial charge in [0, 0.05) is 17.5 Å². The summed E-state index contributed by atoms with van der Waals surface area (Å²) in [7, 11) is 0. The molecule has 0 saturated heterocycles. The highest BCUT2D eigenvalue weighted by Crippen LogP contribution is 2.28. The molecular formula is C18H27ClN2O2S. The summed E-state index contributed by atoms with van der Waals surface area (Å²) in [6, 6.07) is 3.48. The Bertz CT molecular complexity index is 527. The maximum Gasteiger partial charge on any atom is 0.248 e. The molecule has 1 aliphatic carbocycles. The van der Waals surface area contributed by atoms with Gasteiger partial charge in [0.1, 0.15) is 11.9 Å². The Labute approximate surface area is 153 Å². The lowest BCUT2D eigenvalue weighted by atomic mass is 9.95. The van der Waals surface area contributed by atoms with Gasteiger partial charge in [0.05, 0.1) is 0 Å². The van der Waals surface area contributed by atoms with Crippen LogP contribution in [0.15, 0.2) is 17.5 Å². The molecule has 134 valence electrons. The standard InChI is InChI=1S/C18H27ClN2O2S/c1-13(2)12-21(16(22)11-19)17(15-9-6-10-24-15)18(23)20-14-7-4-3-5-8-14/h6,9-10,13-14,17H,3-5,7-8,11-12H2,1-2H3,(H,20,23). The minimum absolute atomic E-state index is 0.0801. The van der Waals surface area contributed by atoms with Crippen LogP contribution >= 0.6 is 22.9 Å². The molecule has 1 aromatic heterocycles. The van der Waals surface area contributed by atoms with E-state index in [1.54, 1.807) is 4.90 Å². The van der Waals surface area contributed by atoms with Crippen molar-refractivity contribution in [2.24, 2.45) is 5.92 Å². The lowest BCUT2D eigenvalue weighted by Gasteiger charge is -2.33. The van der Waals surface area contributed by atoms with E-state index in [0.29, 0.717) is 6.54 Å². The minimum atomic E-state index is -0.583. The zero-order valence-corrected chi connectivity index (χ0v) is 16.0. The van der Waals surface area contributed by atoms with Crippen molar-refractivity contribution in [2.45, 2.75) is 58.0 Å². The first-order valence-electron chi connectivity index (χ1n) is 8.72. The number of thiophene rings is 1. The molecule has 2 amide bonds. The Balaban J connectivity index is 2.21. The molecule has 4 nitrogen and oxygen atoms in total. The fourth-order valence-electron chi connectivity index (χ4n) is 3.22. The van der Waals surface area contributed by atoms with Gasteiger partial charge < -0.3 is 10.2 Å². The summed E-state index contributed by atoms with van der Waals surface area (Å²) in [4.78, 5) is 27.9. The highest BCUT2D eigenvalue weighted by molar-refractivity contribution is 7.10. The Kier molecular flexibility index (Phi) is 7.56. The monoisotopic (exact) mass is 370 g/mol. The SMILES string of the molecule is CC(C)CN(C(=O)CCl)C(C(=O)NC1CCCCC1)c1cccs1. The fraction of sp³-hybridized carbons (Fsp3) is 0.667. The third kappa shape index (κ3) is 5.21. The number of rotatable bonds is 7. The number of amides is 2.